The second-order valence-corrected chi connectivity index (χ2v) is 3.78. The minimum Gasteiger partial charge on any atom is -0.350 e. The molecule has 0 spiro atoms. The first-order chi connectivity index (χ1) is 8.95. The van der Waals surface area contributed by atoms with Crippen LogP contribution in [-0.2, 0) is 24.1 Å². The van der Waals surface area contributed by atoms with Crippen LogP contribution in [0.25, 0.3) is 0 Å². The molecule has 0 saturated carbocycles. The Hall–Kier alpha value is -2.32. The first-order valence-corrected chi connectivity index (χ1v) is 5.30. The van der Waals surface area contributed by atoms with Gasteiger partial charge in [0.05, 0.1) is 6.20 Å². The van der Waals surface area contributed by atoms with Crippen molar-refractivity contribution in [2.24, 2.45) is 0 Å². The van der Waals surface area contributed by atoms with Crippen LogP contribution >= 0.6 is 0 Å². The van der Waals surface area contributed by atoms with Gasteiger partial charge in [-0.15, -0.1) is 0 Å². The van der Waals surface area contributed by atoms with Gasteiger partial charge in [0.1, 0.15) is 6.54 Å². The number of amides is 1. The Morgan fingerprint density at radius 2 is 2.26 bits per heavy atom. The molecule has 2 N–H and O–H groups in total. The molecule has 0 aliphatic carbocycles. The van der Waals surface area contributed by atoms with E-state index in [-0.39, 0.29) is 13.1 Å². The summed E-state index contributed by atoms with van der Waals surface area (Å²) < 4.78 is 37.8. The number of alkyl halides is 3. The van der Waals surface area contributed by atoms with Crippen molar-refractivity contribution >= 4 is 5.91 Å². The van der Waals surface area contributed by atoms with Gasteiger partial charge in [-0.25, -0.2) is 0 Å². The average Bonchev–Trinajstić information content (AvgIpc) is 2.95. The van der Waals surface area contributed by atoms with Crippen LogP contribution in [0.1, 0.15) is 11.3 Å². The van der Waals surface area contributed by atoms with Crippen molar-refractivity contribution in [3.63, 3.8) is 0 Å². The number of halogens is 3. The van der Waals surface area contributed by atoms with Gasteiger partial charge in [-0.2, -0.15) is 23.4 Å². The summed E-state index contributed by atoms with van der Waals surface area (Å²) in [5, 5.41) is 12.1. The van der Waals surface area contributed by atoms with Crippen LogP contribution in [0, 0.1) is 0 Å². The number of rotatable bonds is 4. The van der Waals surface area contributed by atoms with Crippen molar-refractivity contribution in [1.29, 1.82) is 0 Å². The van der Waals surface area contributed by atoms with Gasteiger partial charge in [0.2, 0.25) is 5.91 Å². The van der Waals surface area contributed by atoms with E-state index >= 15 is 0 Å². The Balaban J connectivity index is 1.87. The normalized spacial score (nSPS) is 11.5. The topological polar surface area (TPSA) is 75.6 Å². The van der Waals surface area contributed by atoms with Crippen molar-refractivity contribution in [1.82, 2.24) is 25.3 Å². The van der Waals surface area contributed by atoms with E-state index in [1.165, 1.54) is 6.20 Å². The molecule has 9 heteroatoms. The molecule has 0 fully saturated rings. The summed E-state index contributed by atoms with van der Waals surface area (Å²) in [6.45, 7) is -0.0172. The molecule has 2 rings (SSSR count). The standard InChI is InChI=1S/C10H10F3N5O/c11-10(12,13)8-1-2-18(17-8)6-9(19)14-3-7-4-15-16-5-7/h1-2,4-5H,3,6H2,(H,14,19)(H,15,16). The fourth-order valence-electron chi connectivity index (χ4n) is 1.38. The summed E-state index contributed by atoms with van der Waals surface area (Å²) >= 11 is 0. The van der Waals surface area contributed by atoms with Crippen molar-refractivity contribution in [3.8, 4) is 0 Å². The summed E-state index contributed by atoms with van der Waals surface area (Å²) in [4.78, 5) is 11.5. The molecule has 0 unspecified atom stereocenters. The van der Waals surface area contributed by atoms with Gasteiger partial charge in [0, 0.05) is 24.5 Å². The molecule has 1 amide bonds. The largest absolute Gasteiger partial charge is 0.435 e. The van der Waals surface area contributed by atoms with E-state index in [9.17, 15) is 18.0 Å². The second-order valence-electron chi connectivity index (χ2n) is 3.78. The molecule has 0 atom stereocenters. The van der Waals surface area contributed by atoms with E-state index in [0.717, 1.165) is 22.5 Å². The zero-order valence-corrected chi connectivity index (χ0v) is 9.61. The molecule has 2 aromatic rings. The van der Waals surface area contributed by atoms with Gasteiger partial charge in [-0.1, -0.05) is 0 Å². The van der Waals surface area contributed by atoms with Crippen LogP contribution in [0.15, 0.2) is 24.7 Å². The number of carbonyl (C=O) groups is 1. The van der Waals surface area contributed by atoms with Gasteiger partial charge in [-0.05, 0) is 6.07 Å². The number of hydrogen-bond donors (Lipinski definition) is 2. The number of aromatic nitrogens is 4. The Morgan fingerprint density at radius 3 is 2.84 bits per heavy atom. The third-order valence-corrected chi connectivity index (χ3v) is 2.28. The van der Waals surface area contributed by atoms with Crippen LogP contribution in [0.5, 0.6) is 0 Å². The molecule has 2 heterocycles. The lowest BCUT2D eigenvalue weighted by Gasteiger charge is -2.04. The number of nitrogens with one attached hydrogen (secondary N) is 2. The quantitative estimate of drug-likeness (QED) is 0.870. The maximum atomic E-state index is 12.3. The number of nitrogens with zero attached hydrogens (tertiary/aromatic N) is 3. The summed E-state index contributed by atoms with van der Waals surface area (Å²) in [6.07, 6.45) is -0.245. The highest BCUT2D eigenvalue weighted by Crippen LogP contribution is 2.27. The highest BCUT2D eigenvalue weighted by Gasteiger charge is 2.33. The lowest BCUT2D eigenvalue weighted by Crippen LogP contribution is -2.27. The van der Waals surface area contributed by atoms with Gasteiger partial charge >= 0.3 is 6.18 Å². The molecule has 6 nitrogen and oxygen atoms in total. The second kappa shape index (κ2) is 5.12. The summed E-state index contributed by atoms with van der Waals surface area (Å²) in [6, 6.07) is 0.823. The molecule has 0 bridgehead atoms. The van der Waals surface area contributed by atoms with Crippen molar-refractivity contribution < 1.29 is 18.0 Å². The molecule has 0 radical (unpaired) electrons. The summed E-state index contributed by atoms with van der Waals surface area (Å²) in [7, 11) is 0. The lowest BCUT2D eigenvalue weighted by molar-refractivity contribution is -0.141. The van der Waals surface area contributed by atoms with E-state index in [1.807, 2.05) is 0 Å². The van der Waals surface area contributed by atoms with Crippen LogP contribution in [0.3, 0.4) is 0 Å². The Morgan fingerprint density at radius 1 is 1.47 bits per heavy atom. The Bertz CT molecular complexity index is 546. The Kier molecular flexibility index (Phi) is 3.54. The highest BCUT2D eigenvalue weighted by molar-refractivity contribution is 5.75. The van der Waals surface area contributed by atoms with Crippen molar-refractivity contribution in [2.45, 2.75) is 19.3 Å². The van der Waals surface area contributed by atoms with Gasteiger partial charge in [0.15, 0.2) is 5.69 Å². The van der Waals surface area contributed by atoms with E-state index in [2.05, 4.69) is 20.6 Å². The van der Waals surface area contributed by atoms with Crippen LogP contribution in [-0.4, -0.2) is 25.9 Å². The Labute approximate surface area is 105 Å². The fourth-order valence-corrected chi connectivity index (χ4v) is 1.38. The van der Waals surface area contributed by atoms with Crippen LogP contribution < -0.4 is 5.32 Å². The molecule has 102 valence electrons. The fraction of sp³-hybridized carbons (Fsp3) is 0.300. The molecule has 0 saturated heterocycles. The third-order valence-electron chi connectivity index (χ3n) is 2.28. The highest BCUT2D eigenvalue weighted by atomic mass is 19.4. The maximum absolute atomic E-state index is 12.3. The lowest BCUT2D eigenvalue weighted by atomic mass is 10.3. The smallest absolute Gasteiger partial charge is 0.350 e. The number of aromatic amines is 1. The SMILES string of the molecule is O=C(Cn1ccc(C(F)(F)F)n1)NCc1cn[nH]c1. The van der Waals surface area contributed by atoms with Gasteiger partial charge < -0.3 is 5.32 Å². The molecule has 19 heavy (non-hydrogen) atoms. The maximum Gasteiger partial charge on any atom is 0.435 e. The van der Waals surface area contributed by atoms with E-state index in [4.69, 9.17) is 0 Å². The first kappa shape index (κ1) is 13.1. The number of hydrogen-bond acceptors (Lipinski definition) is 3. The van der Waals surface area contributed by atoms with Crippen molar-refractivity contribution in [2.75, 3.05) is 0 Å². The predicted molar refractivity (Wildman–Crippen MR) is 57.7 cm³/mol. The molecule has 0 aliphatic heterocycles. The first-order valence-electron chi connectivity index (χ1n) is 5.30. The average molecular weight is 273 g/mol. The van der Waals surface area contributed by atoms with E-state index in [1.54, 1.807) is 6.20 Å². The zero-order chi connectivity index (χ0) is 13.9. The molecule has 2 aromatic heterocycles. The van der Waals surface area contributed by atoms with Gasteiger partial charge in [0.25, 0.3) is 0 Å². The van der Waals surface area contributed by atoms with Crippen LogP contribution in [0.4, 0.5) is 13.2 Å². The van der Waals surface area contributed by atoms with Crippen LogP contribution in [0.2, 0.25) is 0 Å². The monoisotopic (exact) mass is 273 g/mol. The minimum absolute atomic E-state index is 0.253. The summed E-state index contributed by atoms with van der Waals surface area (Å²) in [5.74, 6) is -0.432. The zero-order valence-electron chi connectivity index (χ0n) is 9.61. The third kappa shape index (κ3) is 3.57. The van der Waals surface area contributed by atoms with E-state index < -0.39 is 17.8 Å². The molecule has 0 aliphatic rings. The van der Waals surface area contributed by atoms with Crippen molar-refractivity contribution in [3.05, 3.63) is 35.9 Å². The summed E-state index contributed by atoms with van der Waals surface area (Å²) in [5.41, 5.74) is -0.250. The minimum atomic E-state index is -4.50. The van der Waals surface area contributed by atoms with E-state index in [0.29, 0.717) is 0 Å². The molecular weight excluding hydrogens is 263 g/mol. The number of carbonyl (C=O) groups excluding carboxylic acids is 1. The number of H-pyrrole nitrogens is 1. The van der Waals surface area contributed by atoms with Gasteiger partial charge in [-0.3, -0.25) is 14.6 Å². The molecule has 0 aromatic carbocycles. The predicted octanol–water partition coefficient (Wildman–Crippen LogP) is 0.941. The molecular formula is C10H10F3N5O.